The minimum Gasteiger partial charge on any atom is -0.493 e. The second-order valence-corrected chi connectivity index (χ2v) is 8.40. The Hall–Kier alpha value is -3.17. The van der Waals surface area contributed by atoms with Crippen molar-refractivity contribution in [1.82, 2.24) is 5.43 Å². The summed E-state index contributed by atoms with van der Waals surface area (Å²) in [6.07, 6.45) is 1.29. The molecule has 0 saturated heterocycles. The van der Waals surface area contributed by atoms with E-state index in [0.717, 1.165) is 4.47 Å². The molecule has 0 saturated carbocycles. The van der Waals surface area contributed by atoms with E-state index in [0.29, 0.717) is 11.1 Å². The molecule has 0 fully saturated rings. The number of amides is 1. The topological polar surface area (TPSA) is 94.1 Å². The number of ether oxygens (including phenoxy) is 1. The molecular formula is C21H17BrN2O5S. The maximum absolute atomic E-state index is 12.6. The predicted molar refractivity (Wildman–Crippen MR) is 116 cm³/mol. The normalized spacial score (nSPS) is 11.3. The maximum Gasteiger partial charge on any atom is 0.339 e. The fraction of sp³-hybridized carbons (Fsp3) is 0.0476. The smallest absolute Gasteiger partial charge is 0.339 e. The summed E-state index contributed by atoms with van der Waals surface area (Å²) in [5.41, 5.74) is 3.12. The molecule has 0 atom stereocenters. The predicted octanol–water partition coefficient (Wildman–Crippen LogP) is 3.99. The molecule has 0 bridgehead atoms. The number of halogens is 1. The molecule has 3 rings (SSSR count). The summed E-state index contributed by atoms with van der Waals surface area (Å²) in [4.78, 5) is 12.2. The molecule has 0 heterocycles. The van der Waals surface area contributed by atoms with Gasteiger partial charge in [0.2, 0.25) is 0 Å². The van der Waals surface area contributed by atoms with Crippen molar-refractivity contribution in [2.75, 3.05) is 7.11 Å². The Balaban J connectivity index is 1.85. The zero-order valence-corrected chi connectivity index (χ0v) is 18.2. The molecule has 154 valence electrons. The number of para-hydroxylation sites is 1. The van der Waals surface area contributed by atoms with Gasteiger partial charge in [-0.1, -0.05) is 46.3 Å². The van der Waals surface area contributed by atoms with Gasteiger partial charge >= 0.3 is 10.1 Å². The third-order valence-electron chi connectivity index (χ3n) is 3.91. The number of carbonyl (C=O) groups excluding carboxylic acids is 1. The molecular weight excluding hydrogens is 472 g/mol. The highest BCUT2D eigenvalue weighted by Crippen LogP contribution is 2.32. The van der Waals surface area contributed by atoms with E-state index in [-0.39, 0.29) is 16.4 Å². The van der Waals surface area contributed by atoms with E-state index in [1.165, 1.54) is 25.5 Å². The number of rotatable bonds is 7. The van der Waals surface area contributed by atoms with Gasteiger partial charge in [-0.15, -0.1) is 0 Å². The summed E-state index contributed by atoms with van der Waals surface area (Å²) in [5, 5.41) is 3.92. The molecule has 1 amide bonds. The molecule has 0 aliphatic heterocycles. The van der Waals surface area contributed by atoms with Gasteiger partial charge in [-0.05, 0) is 42.5 Å². The number of nitrogens with zero attached hydrogens (tertiary/aromatic N) is 1. The molecule has 1 N–H and O–H groups in total. The second kappa shape index (κ2) is 9.55. The molecule has 7 nitrogen and oxygen atoms in total. The summed E-state index contributed by atoms with van der Waals surface area (Å²) < 4.78 is 36.6. The van der Waals surface area contributed by atoms with Crippen LogP contribution >= 0.6 is 15.9 Å². The van der Waals surface area contributed by atoms with Gasteiger partial charge in [0.05, 0.1) is 13.3 Å². The zero-order valence-electron chi connectivity index (χ0n) is 15.8. The van der Waals surface area contributed by atoms with Crippen molar-refractivity contribution in [3.8, 4) is 11.5 Å². The van der Waals surface area contributed by atoms with Gasteiger partial charge in [-0.2, -0.15) is 13.5 Å². The maximum atomic E-state index is 12.6. The van der Waals surface area contributed by atoms with E-state index in [9.17, 15) is 13.2 Å². The Morgan fingerprint density at radius 2 is 1.77 bits per heavy atom. The average Bonchev–Trinajstić information content (AvgIpc) is 2.75. The number of benzene rings is 3. The lowest BCUT2D eigenvalue weighted by Crippen LogP contribution is -2.17. The van der Waals surface area contributed by atoms with E-state index < -0.39 is 16.0 Å². The quantitative estimate of drug-likeness (QED) is 0.308. The third kappa shape index (κ3) is 5.25. The van der Waals surface area contributed by atoms with Crippen molar-refractivity contribution in [2.24, 2.45) is 5.10 Å². The van der Waals surface area contributed by atoms with Crippen molar-refractivity contribution in [3.05, 3.63) is 88.4 Å². The van der Waals surface area contributed by atoms with E-state index in [1.807, 2.05) is 0 Å². The standard InChI is InChI=1S/C21H17BrN2O5S/c1-28-19-12-6-8-16(14-23-24-21(25)15-7-5-9-17(22)13-15)20(19)29-30(26,27)18-10-3-2-4-11-18/h2-14H,1H3,(H,24,25)/b23-14-. The van der Waals surface area contributed by atoms with Gasteiger partial charge in [0.1, 0.15) is 4.90 Å². The van der Waals surface area contributed by atoms with Gasteiger partial charge in [0.25, 0.3) is 5.91 Å². The first-order chi connectivity index (χ1) is 14.4. The van der Waals surface area contributed by atoms with Crippen molar-refractivity contribution < 1.29 is 22.1 Å². The first-order valence-electron chi connectivity index (χ1n) is 8.66. The Morgan fingerprint density at radius 1 is 1.03 bits per heavy atom. The van der Waals surface area contributed by atoms with Crippen LogP contribution in [0.4, 0.5) is 0 Å². The average molecular weight is 489 g/mol. The highest BCUT2D eigenvalue weighted by Gasteiger charge is 2.21. The van der Waals surface area contributed by atoms with Crippen LogP contribution in [0.25, 0.3) is 0 Å². The van der Waals surface area contributed by atoms with Crippen molar-refractivity contribution in [1.29, 1.82) is 0 Å². The van der Waals surface area contributed by atoms with Gasteiger partial charge in [0, 0.05) is 15.6 Å². The van der Waals surface area contributed by atoms with Gasteiger partial charge in [-0.3, -0.25) is 4.79 Å². The third-order valence-corrected chi connectivity index (χ3v) is 5.64. The van der Waals surface area contributed by atoms with Crippen LogP contribution in [0.5, 0.6) is 11.5 Å². The lowest BCUT2D eigenvalue weighted by atomic mass is 10.2. The zero-order chi connectivity index (χ0) is 21.6. The van der Waals surface area contributed by atoms with E-state index in [2.05, 4.69) is 26.5 Å². The lowest BCUT2D eigenvalue weighted by Gasteiger charge is -2.13. The summed E-state index contributed by atoms with van der Waals surface area (Å²) in [6.45, 7) is 0. The van der Waals surface area contributed by atoms with Crippen molar-refractivity contribution in [2.45, 2.75) is 4.90 Å². The molecule has 0 spiro atoms. The Morgan fingerprint density at radius 3 is 2.47 bits per heavy atom. The Labute approximate surface area is 182 Å². The van der Waals surface area contributed by atoms with E-state index >= 15 is 0 Å². The number of carbonyl (C=O) groups is 1. The fourth-order valence-electron chi connectivity index (χ4n) is 2.48. The second-order valence-electron chi connectivity index (χ2n) is 5.94. The van der Waals surface area contributed by atoms with Crippen LogP contribution in [-0.2, 0) is 10.1 Å². The van der Waals surface area contributed by atoms with Crippen LogP contribution in [0.1, 0.15) is 15.9 Å². The van der Waals surface area contributed by atoms with Crippen LogP contribution in [0.3, 0.4) is 0 Å². The minimum absolute atomic E-state index is 0.00162. The first kappa shape index (κ1) is 21.5. The fourth-order valence-corrected chi connectivity index (χ4v) is 3.87. The summed E-state index contributed by atoms with van der Waals surface area (Å²) in [7, 11) is -2.70. The number of hydrazone groups is 1. The SMILES string of the molecule is COc1cccc(/C=N\NC(=O)c2cccc(Br)c2)c1OS(=O)(=O)c1ccccc1. The minimum atomic E-state index is -4.09. The molecule has 30 heavy (non-hydrogen) atoms. The Bertz CT molecular complexity index is 1180. The Kier molecular flexibility index (Phi) is 6.86. The molecule has 0 aliphatic rings. The highest BCUT2D eigenvalue weighted by atomic mass is 79.9. The molecule has 3 aromatic rings. The molecule has 0 aromatic heterocycles. The monoisotopic (exact) mass is 488 g/mol. The van der Waals surface area contributed by atoms with Crippen molar-refractivity contribution >= 4 is 38.2 Å². The van der Waals surface area contributed by atoms with Gasteiger partial charge in [0.15, 0.2) is 11.5 Å². The lowest BCUT2D eigenvalue weighted by molar-refractivity contribution is 0.0955. The molecule has 9 heteroatoms. The number of hydrogen-bond donors (Lipinski definition) is 1. The van der Waals surface area contributed by atoms with Crippen LogP contribution in [0.2, 0.25) is 0 Å². The van der Waals surface area contributed by atoms with E-state index in [1.54, 1.807) is 60.7 Å². The highest BCUT2D eigenvalue weighted by molar-refractivity contribution is 9.10. The summed E-state index contributed by atoms with van der Waals surface area (Å²) in [6, 6.07) is 19.4. The van der Waals surface area contributed by atoms with Gasteiger partial charge in [-0.25, -0.2) is 5.43 Å². The van der Waals surface area contributed by atoms with Crippen LogP contribution < -0.4 is 14.3 Å². The summed E-state index contributed by atoms with van der Waals surface area (Å²) >= 11 is 3.30. The first-order valence-corrected chi connectivity index (χ1v) is 10.9. The molecule has 0 unspecified atom stereocenters. The molecule has 3 aromatic carbocycles. The largest absolute Gasteiger partial charge is 0.493 e. The van der Waals surface area contributed by atoms with Crippen molar-refractivity contribution in [3.63, 3.8) is 0 Å². The number of methoxy groups -OCH3 is 1. The van der Waals surface area contributed by atoms with Crippen LogP contribution in [0.15, 0.2) is 87.3 Å². The van der Waals surface area contributed by atoms with Crippen LogP contribution in [-0.4, -0.2) is 27.6 Å². The van der Waals surface area contributed by atoms with Gasteiger partial charge < -0.3 is 8.92 Å². The molecule has 0 aliphatic carbocycles. The van der Waals surface area contributed by atoms with E-state index in [4.69, 9.17) is 8.92 Å². The van der Waals surface area contributed by atoms with Crippen LogP contribution in [0, 0.1) is 0 Å². The number of nitrogens with one attached hydrogen (secondary N) is 1. The number of hydrogen-bond acceptors (Lipinski definition) is 6. The molecule has 0 radical (unpaired) electrons. The summed E-state index contributed by atoms with van der Waals surface area (Å²) in [5.74, 6) is -0.254.